The van der Waals surface area contributed by atoms with Crippen molar-refractivity contribution >= 4 is 23.4 Å². The highest BCUT2D eigenvalue weighted by Crippen LogP contribution is 2.58. The number of nitrogens with zero attached hydrogens (tertiary/aromatic N) is 1. The van der Waals surface area contributed by atoms with Crippen LogP contribution in [0.1, 0.15) is 63.0 Å². The van der Waals surface area contributed by atoms with Gasteiger partial charge in [0, 0.05) is 25.4 Å². The maximum absolute atomic E-state index is 13.9. The van der Waals surface area contributed by atoms with Crippen LogP contribution in [0, 0.1) is 25.7 Å². The number of anilines is 1. The summed E-state index contributed by atoms with van der Waals surface area (Å²) in [7, 11) is 0. The molecule has 3 aliphatic rings. The number of aliphatic hydroxyl groups excluding tert-OH is 1. The van der Waals surface area contributed by atoms with Crippen LogP contribution in [-0.4, -0.2) is 65.2 Å². The Hall–Kier alpha value is -2.45. The molecule has 0 aliphatic carbocycles. The zero-order valence-corrected chi connectivity index (χ0v) is 21.1. The van der Waals surface area contributed by atoms with E-state index in [4.69, 9.17) is 9.84 Å². The van der Waals surface area contributed by atoms with Crippen molar-refractivity contribution < 1.29 is 24.2 Å². The second-order valence-corrected chi connectivity index (χ2v) is 10.3. The van der Waals surface area contributed by atoms with Gasteiger partial charge in [0.15, 0.2) is 0 Å². The summed E-state index contributed by atoms with van der Waals surface area (Å²) in [5.74, 6) is -1.73. The van der Waals surface area contributed by atoms with E-state index >= 15 is 0 Å². The molecule has 8 nitrogen and oxygen atoms in total. The van der Waals surface area contributed by atoms with Gasteiger partial charge in [0.2, 0.25) is 17.7 Å². The third-order valence-electron chi connectivity index (χ3n) is 7.94. The number of fused-ring (bicyclic) bond motifs is 1. The third kappa shape index (κ3) is 4.58. The van der Waals surface area contributed by atoms with Gasteiger partial charge in [-0.1, -0.05) is 38.0 Å². The molecule has 0 saturated carbocycles. The summed E-state index contributed by atoms with van der Waals surface area (Å²) < 4.78 is 6.46. The minimum absolute atomic E-state index is 0.143. The van der Waals surface area contributed by atoms with E-state index in [9.17, 15) is 14.4 Å². The van der Waals surface area contributed by atoms with Gasteiger partial charge in [-0.15, -0.1) is 0 Å². The van der Waals surface area contributed by atoms with Crippen LogP contribution in [0.4, 0.5) is 5.69 Å². The molecule has 35 heavy (non-hydrogen) atoms. The van der Waals surface area contributed by atoms with Crippen LogP contribution in [0.25, 0.3) is 0 Å². The van der Waals surface area contributed by atoms with Crippen LogP contribution < -0.4 is 10.6 Å². The van der Waals surface area contributed by atoms with Gasteiger partial charge in [-0.25, -0.2) is 0 Å². The number of likely N-dealkylation sites (tertiary alicyclic amines) is 1. The van der Waals surface area contributed by atoms with Gasteiger partial charge in [-0.2, -0.15) is 0 Å². The van der Waals surface area contributed by atoms with Crippen molar-refractivity contribution in [2.75, 3.05) is 25.0 Å². The fraction of sp³-hybridized carbons (Fsp3) is 0.667. The molecule has 2 bridgehead atoms. The van der Waals surface area contributed by atoms with Crippen LogP contribution in [0.2, 0.25) is 0 Å². The van der Waals surface area contributed by atoms with Crippen molar-refractivity contribution in [1.29, 1.82) is 0 Å². The van der Waals surface area contributed by atoms with Crippen molar-refractivity contribution in [3.05, 3.63) is 29.3 Å². The molecule has 3 fully saturated rings. The van der Waals surface area contributed by atoms with Crippen LogP contribution >= 0.6 is 0 Å². The Labute approximate surface area is 207 Å². The molecule has 1 spiro atoms. The molecule has 2 unspecified atom stereocenters. The first-order chi connectivity index (χ1) is 16.9. The minimum Gasteiger partial charge on any atom is -0.396 e. The van der Waals surface area contributed by atoms with Crippen LogP contribution in [-0.2, 0) is 19.1 Å². The number of carbonyl (C=O) groups excluding carboxylic acids is 3. The highest BCUT2D eigenvalue weighted by Gasteiger charge is 2.74. The summed E-state index contributed by atoms with van der Waals surface area (Å²) >= 11 is 0. The Balaban J connectivity index is 1.63. The SMILES string of the molecule is CCCNC(=O)[C@@H]1[C@@H]2CCC3(O2)C(C(=O)Nc2c(C)cccc2C)N(CCCCCCO)C(=O)[C@H]13. The summed E-state index contributed by atoms with van der Waals surface area (Å²) in [6, 6.07) is 5.09. The molecule has 3 amide bonds. The number of carbonyl (C=O) groups is 3. The molecule has 3 saturated heterocycles. The van der Waals surface area contributed by atoms with Crippen molar-refractivity contribution in [3.8, 4) is 0 Å². The minimum atomic E-state index is -0.970. The molecule has 5 atom stereocenters. The maximum atomic E-state index is 13.9. The molecule has 0 aromatic heterocycles. The summed E-state index contributed by atoms with van der Waals surface area (Å²) in [5, 5.41) is 15.1. The van der Waals surface area contributed by atoms with E-state index in [1.54, 1.807) is 4.90 Å². The molecular formula is C27H39N3O5. The van der Waals surface area contributed by atoms with E-state index in [1.165, 1.54) is 0 Å². The van der Waals surface area contributed by atoms with Crippen LogP contribution in [0.3, 0.4) is 0 Å². The molecule has 0 radical (unpaired) electrons. The normalized spacial score (nSPS) is 28.9. The standard InChI is InChI=1S/C27H39N3O5/c1-4-14-28-24(32)20-19-12-13-27(35-19)21(20)26(34)30(15-7-5-6-8-16-31)23(27)25(33)29-22-17(2)10-9-11-18(22)3/h9-11,19-21,23,31H,4-8,12-16H2,1-3H3,(H,28,32)(H,29,33)/t19-,20+,21-,23?,27?/m0/s1. The van der Waals surface area contributed by atoms with E-state index in [1.807, 2.05) is 39.0 Å². The lowest BCUT2D eigenvalue weighted by Gasteiger charge is -2.33. The number of nitrogens with one attached hydrogen (secondary N) is 2. The van der Waals surface area contributed by atoms with Crippen molar-refractivity contribution in [3.63, 3.8) is 0 Å². The van der Waals surface area contributed by atoms with Gasteiger partial charge in [-0.05, 0) is 57.1 Å². The molecule has 3 aliphatic heterocycles. The first kappa shape index (κ1) is 25.6. The average Bonchev–Trinajstić information content (AvgIpc) is 3.47. The molecule has 3 heterocycles. The van der Waals surface area contributed by atoms with E-state index in [2.05, 4.69) is 10.6 Å². The molecular weight excluding hydrogens is 446 g/mol. The Kier molecular flexibility index (Phi) is 7.81. The quantitative estimate of drug-likeness (QED) is 0.418. The van der Waals surface area contributed by atoms with Gasteiger partial charge in [-0.3, -0.25) is 14.4 Å². The lowest BCUT2D eigenvalue weighted by atomic mass is 9.70. The smallest absolute Gasteiger partial charge is 0.250 e. The lowest BCUT2D eigenvalue weighted by molar-refractivity contribution is -0.140. The van der Waals surface area contributed by atoms with Gasteiger partial charge in [0.25, 0.3) is 0 Å². The predicted octanol–water partition coefficient (Wildman–Crippen LogP) is 2.70. The molecule has 8 heteroatoms. The first-order valence-electron chi connectivity index (χ1n) is 13.1. The number of rotatable bonds is 11. The summed E-state index contributed by atoms with van der Waals surface area (Å²) in [4.78, 5) is 42.5. The fourth-order valence-electron chi connectivity index (χ4n) is 6.31. The Morgan fingerprint density at radius 1 is 1.14 bits per heavy atom. The molecule has 192 valence electrons. The van der Waals surface area contributed by atoms with Gasteiger partial charge >= 0.3 is 0 Å². The Morgan fingerprint density at radius 2 is 1.86 bits per heavy atom. The summed E-state index contributed by atoms with van der Waals surface area (Å²) in [5.41, 5.74) is 1.71. The van der Waals surface area contributed by atoms with E-state index in [0.717, 1.165) is 48.9 Å². The average molecular weight is 486 g/mol. The van der Waals surface area contributed by atoms with Crippen molar-refractivity contribution in [1.82, 2.24) is 10.2 Å². The number of aryl methyl sites for hydroxylation is 2. The Bertz CT molecular complexity index is 946. The summed E-state index contributed by atoms with van der Waals surface area (Å²) in [6.07, 6.45) is 4.93. The number of para-hydroxylation sites is 1. The van der Waals surface area contributed by atoms with Crippen molar-refractivity contribution in [2.24, 2.45) is 11.8 Å². The lowest BCUT2D eigenvalue weighted by Crippen LogP contribution is -2.53. The maximum Gasteiger partial charge on any atom is 0.250 e. The number of amides is 3. The predicted molar refractivity (Wildman–Crippen MR) is 133 cm³/mol. The van der Waals surface area contributed by atoms with E-state index < -0.39 is 23.5 Å². The van der Waals surface area contributed by atoms with Gasteiger partial charge in [0.1, 0.15) is 11.6 Å². The second kappa shape index (κ2) is 10.7. The van der Waals surface area contributed by atoms with Crippen molar-refractivity contribution in [2.45, 2.75) is 83.5 Å². The van der Waals surface area contributed by atoms with Gasteiger partial charge < -0.3 is 25.4 Å². The Morgan fingerprint density at radius 3 is 2.54 bits per heavy atom. The van der Waals surface area contributed by atoms with Crippen LogP contribution in [0.5, 0.6) is 0 Å². The second-order valence-electron chi connectivity index (χ2n) is 10.3. The largest absolute Gasteiger partial charge is 0.396 e. The monoisotopic (exact) mass is 485 g/mol. The summed E-state index contributed by atoms with van der Waals surface area (Å²) in [6.45, 7) is 7.04. The highest BCUT2D eigenvalue weighted by molar-refractivity contribution is 6.04. The molecule has 1 aromatic rings. The topological polar surface area (TPSA) is 108 Å². The third-order valence-corrected chi connectivity index (χ3v) is 7.94. The molecule has 3 N–H and O–H groups in total. The number of benzene rings is 1. The zero-order valence-electron chi connectivity index (χ0n) is 21.1. The zero-order chi connectivity index (χ0) is 25.2. The van der Waals surface area contributed by atoms with E-state index in [0.29, 0.717) is 25.9 Å². The van der Waals surface area contributed by atoms with E-state index in [-0.39, 0.29) is 30.4 Å². The fourth-order valence-corrected chi connectivity index (χ4v) is 6.31. The first-order valence-corrected chi connectivity index (χ1v) is 13.1. The number of hydrogen-bond acceptors (Lipinski definition) is 5. The number of unbranched alkanes of at least 4 members (excludes halogenated alkanes) is 3. The number of hydrogen-bond donors (Lipinski definition) is 3. The highest BCUT2D eigenvalue weighted by atomic mass is 16.5. The number of aliphatic hydroxyl groups is 1. The molecule has 1 aromatic carbocycles. The van der Waals surface area contributed by atoms with Crippen LogP contribution in [0.15, 0.2) is 18.2 Å². The van der Waals surface area contributed by atoms with Gasteiger partial charge in [0.05, 0.1) is 17.9 Å². The molecule has 4 rings (SSSR count). The number of ether oxygens (including phenoxy) is 1.